The van der Waals surface area contributed by atoms with Crippen molar-refractivity contribution in [2.45, 2.75) is 58.9 Å². The molecule has 0 atom stereocenters. The Morgan fingerprint density at radius 3 is 2.45 bits per heavy atom. The van der Waals surface area contributed by atoms with E-state index in [1.807, 2.05) is 0 Å². The van der Waals surface area contributed by atoms with Gasteiger partial charge < -0.3 is 15.4 Å². The maximum atomic E-state index is 5.44. The zero-order valence-corrected chi connectivity index (χ0v) is 15.1. The van der Waals surface area contributed by atoms with Crippen molar-refractivity contribution in [2.24, 2.45) is 4.99 Å². The highest BCUT2D eigenvalue weighted by atomic mass is 16.5. The van der Waals surface area contributed by atoms with Crippen LogP contribution in [0.5, 0.6) is 0 Å². The first kappa shape index (κ1) is 19.2. The van der Waals surface area contributed by atoms with Crippen LogP contribution in [0.3, 0.4) is 0 Å². The van der Waals surface area contributed by atoms with Gasteiger partial charge in [0.05, 0.1) is 19.8 Å². The van der Waals surface area contributed by atoms with Gasteiger partial charge in [-0.25, -0.2) is 0 Å². The second-order valence-electron chi connectivity index (χ2n) is 6.59. The summed E-state index contributed by atoms with van der Waals surface area (Å²) in [5, 5.41) is 6.80. The maximum absolute atomic E-state index is 5.44. The van der Waals surface area contributed by atoms with Gasteiger partial charge in [0.2, 0.25) is 0 Å². The largest absolute Gasteiger partial charge is 0.379 e. The standard InChI is InChI=1S/C17H36N4O/c1-5-7-8-9-10-19-16(18-6-2)20-15-17(3,4)21-11-13-22-14-12-21/h5-15H2,1-4H3,(H2,18,19,20). The van der Waals surface area contributed by atoms with E-state index in [9.17, 15) is 0 Å². The Kier molecular flexibility index (Phi) is 9.48. The average molecular weight is 313 g/mol. The summed E-state index contributed by atoms with van der Waals surface area (Å²) in [5.74, 6) is 0.945. The molecule has 0 aromatic rings. The minimum Gasteiger partial charge on any atom is -0.379 e. The quantitative estimate of drug-likeness (QED) is 0.389. The molecule has 0 amide bonds. The zero-order chi connectivity index (χ0) is 16.3. The van der Waals surface area contributed by atoms with Gasteiger partial charge in [0, 0.05) is 31.7 Å². The summed E-state index contributed by atoms with van der Waals surface area (Å²) >= 11 is 0. The molecule has 1 saturated heterocycles. The Labute approximate surface area is 136 Å². The number of ether oxygens (including phenoxy) is 1. The predicted octanol–water partition coefficient (Wildman–Crippen LogP) is 2.23. The first-order chi connectivity index (χ1) is 10.6. The first-order valence-corrected chi connectivity index (χ1v) is 8.95. The van der Waals surface area contributed by atoms with Gasteiger partial charge in [0.15, 0.2) is 5.96 Å². The number of nitrogens with zero attached hydrogens (tertiary/aromatic N) is 2. The molecule has 5 nitrogen and oxygen atoms in total. The minimum atomic E-state index is 0.0777. The van der Waals surface area contributed by atoms with Crippen molar-refractivity contribution in [1.82, 2.24) is 15.5 Å². The molecule has 130 valence electrons. The number of aliphatic imine (C=N–C) groups is 1. The second kappa shape index (κ2) is 10.8. The summed E-state index contributed by atoms with van der Waals surface area (Å²) in [6.07, 6.45) is 5.11. The third-order valence-corrected chi connectivity index (χ3v) is 4.16. The Morgan fingerprint density at radius 1 is 1.09 bits per heavy atom. The molecule has 2 N–H and O–H groups in total. The van der Waals surface area contributed by atoms with E-state index in [2.05, 4.69) is 43.2 Å². The number of morpholine rings is 1. The Hall–Kier alpha value is -0.810. The van der Waals surface area contributed by atoms with Crippen LogP contribution in [0.4, 0.5) is 0 Å². The molecule has 0 bridgehead atoms. The van der Waals surface area contributed by atoms with Crippen LogP contribution in [0.2, 0.25) is 0 Å². The van der Waals surface area contributed by atoms with Gasteiger partial charge in [0.25, 0.3) is 0 Å². The summed E-state index contributed by atoms with van der Waals surface area (Å²) in [6.45, 7) is 15.3. The number of hydrogen-bond donors (Lipinski definition) is 2. The van der Waals surface area contributed by atoms with Crippen LogP contribution in [-0.4, -0.2) is 62.3 Å². The highest BCUT2D eigenvalue weighted by Gasteiger charge is 2.27. The number of unbranched alkanes of at least 4 members (excludes halogenated alkanes) is 3. The minimum absolute atomic E-state index is 0.0777. The van der Waals surface area contributed by atoms with Gasteiger partial charge >= 0.3 is 0 Å². The molecule has 22 heavy (non-hydrogen) atoms. The monoisotopic (exact) mass is 312 g/mol. The number of hydrogen-bond acceptors (Lipinski definition) is 3. The van der Waals surface area contributed by atoms with Crippen LogP contribution in [0.1, 0.15) is 53.4 Å². The van der Waals surface area contributed by atoms with Crippen molar-refractivity contribution in [2.75, 3.05) is 45.9 Å². The molecule has 1 heterocycles. The fourth-order valence-corrected chi connectivity index (χ4v) is 2.64. The van der Waals surface area contributed by atoms with E-state index in [4.69, 9.17) is 9.73 Å². The molecule has 0 aromatic heterocycles. The molecule has 0 spiro atoms. The smallest absolute Gasteiger partial charge is 0.191 e. The van der Waals surface area contributed by atoms with E-state index in [1.165, 1.54) is 25.7 Å². The molecule has 0 aliphatic carbocycles. The molecule has 1 aliphatic rings. The number of guanidine groups is 1. The van der Waals surface area contributed by atoms with Gasteiger partial charge in [0.1, 0.15) is 0 Å². The normalized spacial score (nSPS) is 17.5. The lowest BCUT2D eigenvalue weighted by molar-refractivity contribution is -0.00683. The van der Waals surface area contributed by atoms with Gasteiger partial charge in [-0.2, -0.15) is 0 Å². The van der Waals surface area contributed by atoms with Crippen molar-refractivity contribution in [3.05, 3.63) is 0 Å². The third kappa shape index (κ3) is 7.45. The molecule has 0 unspecified atom stereocenters. The molecule has 0 radical (unpaired) electrons. The van der Waals surface area contributed by atoms with Crippen LogP contribution in [0.25, 0.3) is 0 Å². The summed E-state index contributed by atoms with van der Waals surface area (Å²) < 4.78 is 5.44. The Bertz CT molecular complexity index is 312. The van der Waals surface area contributed by atoms with Crippen molar-refractivity contribution < 1.29 is 4.74 Å². The van der Waals surface area contributed by atoms with Crippen LogP contribution >= 0.6 is 0 Å². The van der Waals surface area contributed by atoms with Crippen LogP contribution in [-0.2, 0) is 4.74 Å². The van der Waals surface area contributed by atoms with E-state index in [1.54, 1.807) is 0 Å². The van der Waals surface area contributed by atoms with Crippen molar-refractivity contribution in [3.63, 3.8) is 0 Å². The highest BCUT2D eigenvalue weighted by molar-refractivity contribution is 5.79. The average Bonchev–Trinajstić information content (AvgIpc) is 2.53. The van der Waals surface area contributed by atoms with Crippen LogP contribution in [0.15, 0.2) is 4.99 Å². The van der Waals surface area contributed by atoms with E-state index >= 15 is 0 Å². The first-order valence-electron chi connectivity index (χ1n) is 8.95. The van der Waals surface area contributed by atoms with Gasteiger partial charge in [-0.1, -0.05) is 26.2 Å². The number of nitrogens with one attached hydrogen (secondary N) is 2. The molecule has 0 saturated carbocycles. The molecule has 1 aliphatic heterocycles. The summed E-state index contributed by atoms with van der Waals surface area (Å²) in [7, 11) is 0. The lowest BCUT2D eigenvalue weighted by Gasteiger charge is -2.39. The van der Waals surface area contributed by atoms with Crippen molar-refractivity contribution in [3.8, 4) is 0 Å². The van der Waals surface area contributed by atoms with Gasteiger partial charge in [-0.15, -0.1) is 0 Å². The molecular weight excluding hydrogens is 276 g/mol. The van der Waals surface area contributed by atoms with E-state index in [-0.39, 0.29) is 5.54 Å². The van der Waals surface area contributed by atoms with E-state index < -0.39 is 0 Å². The SMILES string of the molecule is CCCCCCNC(=NCC(C)(C)N1CCOCC1)NCC. The van der Waals surface area contributed by atoms with Crippen molar-refractivity contribution in [1.29, 1.82) is 0 Å². The van der Waals surface area contributed by atoms with Crippen LogP contribution < -0.4 is 10.6 Å². The third-order valence-electron chi connectivity index (χ3n) is 4.16. The van der Waals surface area contributed by atoms with Gasteiger partial charge in [-0.05, 0) is 27.2 Å². The van der Waals surface area contributed by atoms with E-state index in [0.29, 0.717) is 0 Å². The van der Waals surface area contributed by atoms with E-state index in [0.717, 1.165) is 51.9 Å². The van der Waals surface area contributed by atoms with Gasteiger partial charge in [-0.3, -0.25) is 9.89 Å². The number of rotatable bonds is 9. The fourth-order valence-electron chi connectivity index (χ4n) is 2.64. The molecule has 5 heteroatoms. The zero-order valence-electron chi connectivity index (χ0n) is 15.1. The fraction of sp³-hybridized carbons (Fsp3) is 0.941. The topological polar surface area (TPSA) is 48.9 Å². The molecular formula is C17H36N4O. The summed E-state index contributed by atoms with van der Waals surface area (Å²) in [5.41, 5.74) is 0.0777. The lowest BCUT2D eigenvalue weighted by Crippen LogP contribution is -2.52. The van der Waals surface area contributed by atoms with Crippen molar-refractivity contribution >= 4 is 5.96 Å². The lowest BCUT2D eigenvalue weighted by atomic mass is 10.0. The summed E-state index contributed by atoms with van der Waals surface area (Å²) in [4.78, 5) is 7.27. The molecule has 1 fully saturated rings. The second-order valence-corrected chi connectivity index (χ2v) is 6.59. The predicted molar refractivity (Wildman–Crippen MR) is 94.6 cm³/mol. The Balaban J connectivity index is 2.41. The summed E-state index contributed by atoms with van der Waals surface area (Å²) in [6, 6.07) is 0. The maximum Gasteiger partial charge on any atom is 0.191 e. The highest BCUT2D eigenvalue weighted by Crippen LogP contribution is 2.16. The Morgan fingerprint density at radius 2 is 1.82 bits per heavy atom. The van der Waals surface area contributed by atoms with Crippen LogP contribution in [0, 0.1) is 0 Å². The molecule has 0 aromatic carbocycles. The molecule has 1 rings (SSSR count).